The van der Waals surface area contributed by atoms with Crippen molar-refractivity contribution in [3.63, 3.8) is 0 Å². The van der Waals surface area contributed by atoms with E-state index in [4.69, 9.17) is 4.74 Å². The molecule has 0 spiro atoms. The number of hydrogen-bond acceptors (Lipinski definition) is 5. The predicted molar refractivity (Wildman–Crippen MR) is 138 cm³/mol. The van der Waals surface area contributed by atoms with Gasteiger partial charge >= 0.3 is 0 Å². The summed E-state index contributed by atoms with van der Waals surface area (Å²) in [7, 11) is 1.58. The highest BCUT2D eigenvalue weighted by Gasteiger charge is 2.32. The minimum Gasteiger partial charge on any atom is -0.497 e. The predicted octanol–water partition coefficient (Wildman–Crippen LogP) is 4.22. The fourth-order valence-corrected chi connectivity index (χ4v) is 6.09. The highest BCUT2D eigenvalue weighted by Crippen LogP contribution is 2.37. The third kappa shape index (κ3) is 5.15. The van der Waals surface area contributed by atoms with Gasteiger partial charge < -0.3 is 14.5 Å². The van der Waals surface area contributed by atoms with Crippen molar-refractivity contribution in [1.29, 1.82) is 0 Å². The summed E-state index contributed by atoms with van der Waals surface area (Å²) in [5, 5.41) is 2.07. The molecule has 0 unspecified atom stereocenters. The standard InChI is InChI=1S/C28H30FN3O3S/c1-35-23-8-3-6-21(18-23)28(34)31-12-4-11-30(14-15-31)26(33)19-32-13-9-25-24(10-16-36-25)27(32)20-5-2-7-22(29)17-20/h2-3,5-8,10,16-18,27H,4,9,11-15,19H2,1H3/t27-/m1/s1. The van der Waals surface area contributed by atoms with Gasteiger partial charge in [0.2, 0.25) is 5.91 Å². The lowest BCUT2D eigenvalue weighted by molar-refractivity contribution is -0.132. The molecule has 0 bridgehead atoms. The van der Waals surface area contributed by atoms with Gasteiger partial charge in [-0.2, -0.15) is 0 Å². The van der Waals surface area contributed by atoms with Crippen molar-refractivity contribution in [2.24, 2.45) is 0 Å². The molecule has 0 saturated carbocycles. The van der Waals surface area contributed by atoms with Gasteiger partial charge in [-0.1, -0.05) is 18.2 Å². The Labute approximate surface area is 214 Å². The van der Waals surface area contributed by atoms with Crippen molar-refractivity contribution in [3.05, 3.63) is 87.4 Å². The molecule has 8 heteroatoms. The van der Waals surface area contributed by atoms with Crippen LogP contribution in [0.25, 0.3) is 0 Å². The molecule has 2 amide bonds. The Morgan fingerprint density at radius 2 is 1.81 bits per heavy atom. The van der Waals surface area contributed by atoms with Gasteiger partial charge in [-0.3, -0.25) is 14.5 Å². The van der Waals surface area contributed by atoms with Gasteiger partial charge in [0, 0.05) is 43.2 Å². The summed E-state index contributed by atoms with van der Waals surface area (Å²) in [4.78, 5) is 33.6. The Kier molecular flexibility index (Phi) is 7.34. The summed E-state index contributed by atoms with van der Waals surface area (Å²) < 4.78 is 19.3. The minimum atomic E-state index is -0.269. The summed E-state index contributed by atoms with van der Waals surface area (Å²) >= 11 is 1.72. The van der Waals surface area contributed by atoms with E-state index >= 15 is 0 Å². The molecule has 188 valence electrons. The van der Waals surface area contributed by atoms with E-state index in [-0.39, 0.29) is 30.2 Å². The van der Waals surface area contributed by atoms with Crippen LogP contribution in [0.1, 0.15) is 38.8 Å². The molecule has 1 fully saturated rings. The number of nitrogens with zero attached hydrogens (tertiary/aromatic N) is 3. The zero-order valence-electron chi connectivity index (χ0n) is 20.4. The van der Waals surface area contributed by atoms with E-state index in [2.05, 4.69) is 16.3 Å². The number of carbonyl (C=O) groups excluding carboxylic acids is 2. The van der Waals surface area contributed by atoms with E-state index in [1.54, 1.807) is 42.7 Å². The van der Waals surface area contributed by atoms with Crippen LogP contribution in [0.15, 0.2) is 60.0 Å². The Bertz CT molecular complexity index is 1250. The van der Waals surface area contributed by atoms with Crippen molar-refractivity contribution in [3.8, 4) is 5.75 Å². The van der Waals surface area contributed by atoms with E-state index in [1.807, 2.05) is 28.0 Å². The van der Waals surface area contributed by atoms with Crippen molar-refractivity contribution >= 4 is 23.2 Å². The molecule has 1 aromatic heterocycles. The smallest absolute Gasteiger partial charge is 0.254 e. The second-order valence-electron chi connectivity index (χ2n) is 9.24. The number of halogens is 1. The molecular weight excluding hydrogens is 477 g/mol. The van der Waals surface area contributed by atoms with Gasteiger partial charge in [-0.25, -0.2) is 4.39 Å². The molecule has 6 nitrogen and oxygen atoms in total. The van der Waals surface area contributed by atoms with Crippen LogP contribution in [0.4, 0.5) is 4.39 Å². The molecule has 3 aromatic rings. The van der Waals surface area contributed by atoms with Crippen molar-refractivity contribution in [1.82, 2.24) is 14.7 Å². The molecule has 2 aliphatic rings. The average molecular weight is 508 g/mol. The first-order chi connectivity index (χ1) is 17.5. The fourth-order valence-electron chi connectivity index (χ4n) is 5.19. The zero-order valence-corrected chi connectivity index (χ0v) is 21.2. The number of benzene rings is 2. The first kappa shape index (κ1) is 24.5. The van der Waals surface area contributed by atoms with E-state index in [9.17, 15) is 14.0 Å². The number of ether oxygens (including phenoxy) is 1. The molecule has 0 N–H and O–H groups in total. The third-order valence-corrected chi connectivity index (χ3v) is 8.02. The van der Waals surface area contributed by atoms with Crippen LogP contribution in [0.2, 0.25) is 0 Å². The highest BCUT2D eigenvalue weighted by molar-refractivity contribution is 7.10. The van der Waals surface area contributed by atoms with Crippen molar-refractivity contribution in [2.45, 2.75) is 18.9 Å². The Morgan fingerprint density at radius 3 is 2.64 bits per heavy atom. The van der Waals surface area contributed by atoms with Crippen LogP contribution in [0.3, 0.4) is 0 Å². The van der Waals surface area contributed by atoms with Gasteiger partial charge in [-0.15, -0.1) is 11.3 Å². The van der Waals surface area contributed by atoms with Crippen LogP contribution in [-0.4, -0.2) is 72.9 Å². The summed E-state index contributed by atoms with van der Waals surface area (Å²) in [6.45, 7) is 3.21. The number of carbonyl (C=O) groups is 2. The van der Waals surface area contributed by atoms with Crippen molar-refractivity contribution in [2.75, 3.05) is 46.4 Å². The van der Waals surface area contributed by atoms with Gasteiger partial charge in [0.25, 0.3) is 5.91 Å². The number of hydrogen-bond donors (Lipinski definition) is 0. The van der Waals surface area contributed by atoms with E-state index in [0.29, 0.717) is 37.5 Å². The molecule has 0 radical (unpaired) electrons. The number of rotatable bonds is 5. The maximum Gasteiger partial charge on any atom is 0.254 e. The molecule has 1 atom stereocenters. The van der Waals surface area contributed by atoms with E-state index < -0.39 is 0 Å². The molecule has 1 saturated heterocycles. The summed E-state index contributed by atoms with van der Waals surface area (Å²) in [5.74, 6) is 0.381. The maximum absolute atomic E-state index is 14.1. The van der Waals surface area contributed by atoms with Crippen LogP contribution in [-0.2, 0) is 11.2 Å². The quantitative estimate of drug-likeness (QED) is 0.519. The molecule has 3 heterocycles. The average Bonchev–Trinajstić information content (AvgIpc) is 3.23. The second-order valence-corrected chi connectivity index (χ2v) is 10.2. The lowest BCUT2D eigenvalue weighted by Gasteiger charge is -2.37. The lowest BCUT2D eigenvalue weighted by Crippen LogP contribution is -2.45. The maximum atomic E-state index is 14.1. The van der Waals surface area contributed by atoms with Gasteiger partial charge in [0.1, 0.15) is 11.6 Å². The molecule has 2 aromatic carbocycles. The molecule has 0 aliphatic carbocycles. The lowest BCUT2D eigenvalue weighted by atomic mass is 9.93. The first-order valence-electron chi connectivity index (χ1n) is 12.3. The zero-order chi connectivity index (χ0) is 25.1. The summed E-state index contributed by atoms with van der Waals surface area (Å²) in [6, 6.07) is 15.8. The fraction of sp³-hybridized carbons (Fsp3) is 0.357. The Balaban J connectivity index is 1.27. The molecule has 5 rings (SSSR count). The van der Waals surface area contributed by atoms with Crippen LogP contribution in [0.5, 0.6) is 5.75 Å². The molecule has 2 aliphatic heterocycles. The SMILES string of the molecule is COc1cccc(C(=O)N2CCCN(C(=O)CN3CCc4sccc4[C@H]3c3cccc(F)c3)CC2)c1. The van der Waals surface area contributed by atoms with Crippen LogP contribution < -0.4 is 4.74 Å². The monoisotopic (exact) mass is 507 g/mol. The third-order valence-electron chi connectivity index (χ3n) is 7.02. The number of amides is 2. The second kappa shape index (κ2) is 10.8. The summed E-state index contributed by atoms with van der Waals surface area (Å²) in [6.07, 6.45) is 1.61. The van der Waals surface area contributed by atoms with E-state index in [0.717, 1.165) is 30.5 Å². The van der Waals surface area contributed by atoms with Gasteiger partial charge in [-0.05, 0) is 65.7 Å². The van der Waals surface area contributed by atoms with Gasteiger partial charge in [0.05, 0.1) is 19.7 Å². The normalized spacial score (nSPS) is 18.4. The minimum absolute atomic E-state index is 0.0459. The number of thiophene rings is 1. The van der Waals surface area contributed by atoms with E-state index in [1.165, 1.54) is 10.9 Å². The van der Waals surface area contributed by atoms with Crippen molar-refractivity contribution < 1.29 is 18.7 Å². The first-order valence-corrected chi connectivity index (χ1v) is 13.2. The topological polar surface area (TPSA) is 53.1 Å². The number of fused-ring (bicyclic) bond motifs is 1. The number of methoxy groups -OCH3 is 1. The van der Waals surface area contributed by atoms with Crippen LogP contribution in [0, 0.1) is 5.82 Å². The molecular formula is C28H30FN3O3S. The van der Waals surface area contributed by atoms with Crippen LogP contribution >= 0.6 is 11.3 Å². The largest absolute Gasteiger partial charge is 0.497 e. The Hall–Kier alpha value is -3.23. The Morgan fingerprint density at radius 1 is 1.00 bits per heavy atom. The van der Waals surface area contributed by atoms with Gasteiger partial charge in [0.15, 0.2) is 0 Å². The highest BCUT2D eigenvalue weighted by atomic mass is 32.1. The molecule has 36 heavy (non-hydrogen) atoms. The summed E-state index contributed by atoms with van der Waals surface area (Å²) in [5.41, 5.74) is 2.62.